The zero-order valence-electron chi connectivity index (χ0n) is 10.2. The minimum absolute atomic E-state index is 0.232. The molecule has 1 unspecified atom stereocenters. The first kappa shape index (κ1) is 13.7. The first-order valence-corrected chi connectivity index (χ1v) is 7.74. The summed E-state index contributed by atoms with van der Waals surface area (Å²) in [6.45, 7) is 4.57. The van der Waals surface area contributed by atoms with E-state index in [2.05, 4.69) is 10.2 Å². The van der Waals surface area contributed by atoms with Crippen molar-refractivity contribution in [3.63, 3.8) is 0 Å². The fourth-order valence-corrected chi connectivity index (χ4v) is 3.83. The second kappa shape index (κ2) is 5.52. The number of nitrogens with one attached hydrogen (secondary N) is 1. The van der Waals surface area contributed by atoms with Crippen LogP contribution in [-0.2, 0) is 14.8 Å². The molecule has 2 aliphatic heterocycles. The lowest BCUT2D eigenvalue weighted by Gasteiger charge is -2.32. The van der Waals surface area contributed by atoms with E-state index in [0.717, 1.165) is 32.6 Å². The molecule has 0 aromatic heterocycles. The number of carboxylic acid groups (broad SMARTS) is 1. The molecule has 0 spiro atoms. The summed E-state index contributed by atoms with van der Waals surface area (Å²) in [4.78, 5) is 12.8. The van der Waals surface area contributed by atoms with E-state index in [1.165, 1.54) is 4.31 Å². The number of nitrogens with zero attached hydrogens (tertiary/aromatic N) is 2. The van der Waals surface area contributed by atoms with Crippen LogP contribution in [0.2, 0.25) is 0 Å². The van der Waals surface area contributed by atoms with Crippen molar-refractivity contribution in [2.24, 2.45) is 0 Å². The van der Waals surface area contributed by atoms with Gasteiger partial charge in [0.05, 0.1) is 0 Å². The van der Waals surface area contributed by atoms with Crippen molar-refractivity contribution < 1.29 is 18.3 Å². The Bertz CT molecular complexity index is 405. The molecule has 0 saturated carbocycles. The van der Waals surface area contributed by atoms with Crippen LogP contribution in [0.1, 0.15) is 6.42 Å². The summed E-state index contributed by atoms with van der Waals surface area (Å²) in [5.74, 6) is -2.10. The molecule has 0 amide bonds. The Hall–Kier alpha value is -0.700. The Labute approximate surface area is 107 Å². The van der Waals surface area contributed by atoms with Gasteiger partial charge in [-0.05, 0) is 6.42 Å². The predicted molar refractivity (Wildman–Crippen MR) is 65.8 cm³/mol. The number of aliphatic carboxylic acids is 1. The van der Waals surface area contributed by atoms with Crippen LogP contribution in [0.15, 0.2) is 0 Å². The minimum Gasteiger partial charge on any atom is -0.480 e. The second-order valence-electron chi connectivity index (χ2n) is 4.74. The number of hydrogen-bond acceptors (Lipinski definition) is 5. The van der Waals surface area contributed by atoms with E-state index in [1.54, 1.807) is 0 Å². The molecule has 0 aromatic carbocycles. The van der Waals surface area contributed by atoms with Crippen LogP contribution in [0.25, 0.3) is 0 Å². The Balaban J connectivity index is 1.93. The Morgan fingerprint density at radius 3 is 2.56 bits per heavy atom. The maximum Gasteiger partial charge on any atom is 0.320 e. The summed E-state index contributed by atoms with van der Waals surface area (Å²) in [7, 11) is -3.64. The highest BCUT2D eigenvalue weighted by Crippen LogP contribution is 2.19. The van der Waals surface area contributed by atoms with Gasteiger partial charge in [-0.3, -0.25) is 9.69 Å². The second-order valence-corrected chi connectivity index (χ2v) is 6.71. The van der Waals surface area contributed by atoms with E-state index >= 15 is 0 Å². The van der Waals surface area contributed by atoms with Crippen molar-refractivity contribution in [2.75, 3.05) is 45.0 Å². The van der Waals surface area contributed by atoms with Crippen LogP contribution in [0, 0.1) is 0 Å². The average Bonchev–Trinajstić information content (AvgIpc) is 2.78. The third kappa shape index (κ3) is 3.19. The SMILES string of the molecule is O=C(O)CS(=O)(=O)N1CCC(N2CCNCC2)C1. The predicted octanol–water partition coefficient (Wildman–Crippen LogP) is -1.62. The molecule has 104 valence electrons. The topological polar surface area (TPSA) is 89.9 Å². The van der Waals surface area contributed by atoms with Crippen molar-refractivity contribution in [3.05, 3.63) is 0 Å². The number of carboxylic acids is 1. The molecule has 0 bridgehead atoms. The van der Waals surface area contributed by atoms with E-state index in [1.807, 2.05) is 0 Å². The van der Waals surface area contributed by atoms with Crippen molar-refractivity contribution >= 4 is 16.0 Å². The lowest BCUT2D eigenvalue weighted by molar-refractivity contribution is -0.134. The van der Waals surface area contributed by atoms with E-state index in [4.69, 9.17) is 5.11 Å². The summed E-state index contributed by atoms with van der Waals surface area (Å²) in [6.07, 6.45) is 0.791. The zero-order valence-corrected chi connectivity index (χ0v) is 11.0. The third-order valence-corrected chi connectivity index (χ3v) is 5.22. The molecular weight excluding hydrogens is 258 g/mol. The van der Waals surface area contributed by atoms with Crippen molar-refractivity contribution in [2.45, 2.75) is 12.5 Å². The number of piperazine rings is 1. The molecule has 2 fully saturated rings. The summed E-state index contributed by atoms with van der Waals surface area (Å²) in [5.41, 5.74) is 0. The highest BCUT2D eigenvalue weighted by Gasteiger charge is 2.35. The summed E-state index contributed by atoms with van der Waals surface area (Å²) in [5, 5.41) is 11.9. The molecule has 2 aliphatic rings. The minimum atomic E-state index is -3.64. The molecule has 2 saturated heterocycles. The van der Waals surface area contributed by atoms with Crippen LogP contribution in [0.4, 0.5) is 0 Å². The molecule has 7 nitrogen and oxygen atoms in total. The fourth-order valence-electron chi connectivity index (χ4n) is 2.56. The van der Waals surface area contributed by atoms with Gasteiger partial charge in [-0.1, -0.05) is 0 Å². The average molecular weight is 277 g/mol. The van der Waals surface area contributed by atoms with Gasteiger partial charge in [-0.25, -0.2) is 8.42 Å². The van der Waals surface area contributed by atoms with Crippen molar-refractivity contribution in [1.29, 1.82) is 0 Å². The lowest BCUT2D eigenvalue weighted by atomic mass is 10.2. The molecule has 1 atom stereocenters. The molecule has 2 heterocycles. The monoisotopic (exact) mass is 277 g/mol. The van der Waals surface area contributed by atoms with Crippen LogP contribution < -0.4 is 5.32 Å². The van der Waals surface area contributed by atoms with Gasteiger partial charge in [0, 0.05) is 45.3 Å². The van der Waals surface area contributed by atoms with Gasteiger partial charge in [-0.15, -0.1) is 0 Å². The molecule has 2 N–H and O–H groups in total. The number of rotatable bonds is 4. The Morgan fingerprint density at radius 1 is 1.28 bits per heavy atom. The largest absolute Gasteiger partial charge is 0.480 e. The van der Waals surface area contributed by atoms with Crippen LogP contribution in [0.5, 0.6) is 0 Å². The smallest absolute Gasteiger partial charge is 0.320 e. The highest BCUT2D eigenvalue weighted by atomic mass is 32.2. The van der Waals surface area contributed by atoms with E-state index in [-0.39, 0.29) is 6.04 Å². The number of hydrogen-bond donors (Lipinski definition) is 2. The molecular formula is C10H19N3O4S. The first-order valence-electron chi connectivity index (χ1n) is 6.13. The van der Waals surface area contributed by atoms with Crippen LogP contribution in [-0.4, -0.2) is 79.8 Å². The number of carbonyl (C=O) groups is 1. The number of sulfonamides is 1. The van der Waals surface area contributed by atoms with E-state index < -0.39 is 21.7 Å². The zero-order chi connectivity index (χ0) is 13.2. The maximum atomic E-state index is 11.8. The molecule has 0 radical (unpaired) electrons. The fraction of sp³-hybridized carbons (Fsp3) is 0.900. The Kier molecular flexibility index (Phi) is 4.21. The van der Waals surface area contributed by atoms with Gasteiger partial charge >= 0.3 is 5.97 Å². The van der Waals surface area contributed by atoms with Gasteiger partial charge in [0.15, 0.2) is 5.75 Å². The first-order chi connectivity index (χ1) is 8.49. The molecule has 18 heavy (non-hydrogen) atoms. The molecule has 0 aliphatic carbocycles. The molecule has 0 aromatic rings. The third-order valence-electron chi connectivity index (χ3n) is 3.49. The van der Waals surface area contributed by atoms with Gasteiger partial charge in [-0.2, -0.15) is 4.31 Å². The maximum absolute atomic E-state index is 11.8. The molecule has 2 rings (SSSR count). The lowest BCUT2D eigenvalue weighted by Crippen LogP contribution is -2.49. The van der Waals surface area contributed by atoms with Crippen LogP contribution in [0.3, 0.4) is 0 Å². The van der Waals surface area contributed by atoms with Gasteiger partial charge < -0.3 is 10.4 Å². The summed E-state index contributed by atoms with van der Waals surface area (Å²) in [6, 6.07) is 0.232. The molecule has 8 heteroatoms. The van der Waals surface area contributed by atoms with Crippen LogP contribution >= 0.6 is 0 Å². The summed E-state index contributed by atoms with van der Waals surface area (Å²) >= 11 is 0. The van der Waals surface area contributed by atoms with Gasteiger partial charge in [0.2, 0.25) is 10.0 Å². The van der Waals surface area contributed by atoms with Crippen molar-refractivity contribution in [1.82, 2.24) is 14.5 Å². The quantitative estimate of drug-likeness (QED) is 0.642. The standard InChI is InChI=1S/C10H19N3O4S/c14-10(15)8-18(16,17)13-4-1-9(7-13)12-5-2-11-3-6-12/h9,11H,1-8H2,(H,14,15). The highest BCUT2D eigenvalue weighted by molar-refractivity contribution is 7.89. The normalized spacial score (nSPS) is 27.4. The van der Waals surface area contributed by atoms with Gasteiger partial charge in [0.25, 0.3) is 0 Å². The van der Waals surface area contributed by atoms with Crippen molar-refractivity contribution in [3.8, 4) is 0 Å². The van der Waals surface area contributed by atoms with Gasteiger partial charge in [0.1, 0.15) is 0 Å². The van der Waals surface area contributed by atoms with E-state index in [9.17, 15) is 13.2 Å². The summed E-state index contributed by atoms with van der Waals surface area (Å²) < 4.78 is 24.9. The van der Waals surface area contributed by atoms with E-state index in [0.29, 0.717) is 13.1 Å². The Morgan fingerprint density at radius 2 is 1.94 bits per heavy atom.